The Balaban J connectivity index is 1.94. The summed E-state index contributed by atoms with van der Waals surface area (Å²) in [6, 6.07) is 29.9. The Morgan fingerprint density at radius 2 is 0.880 bits per heavy atom. The Morgan fingerprint density at radius 3 is 1.16 bits per heavy atom. The molecule has 4 heteroatoms. The number of hydrogen-bond acceptors (Lipinski definition) is 3. The van der Waals surface area contributed by atoms with Gasteiger partial charge >= 0.3 is 5.97 Å². The number of ether oxygens (including phenoxy) is 3. The molecule has 0 fully saturated rings. The molecular weight excluding hydrogens is 328 g/mol. The Bertz CT molecular complexity index is 646. The molecule has 0 amide bonds. The minimum Gasteiger partial charge on any atom is -0.421 e. The van der Waals surface area contributed by atoms with Gasteiger partial charge in [0.25, 0.3) is 0 Å². The lowest BCUT2D eigenvalue weighted by molar-refractivity contribution is -0.253. The molecule has 0 bridgehead atoms. The Kier molecular flexibility index (Phi) is 5.75. The molecule has 0 unspecified atom stereocenters. The quantitative estimate of drug-likeness (QED) is 0.453. The fourth-order valence-electron chi connectivity index (χ4n) is 2.53. The van der Waals surface area contributed by atoms with E-state index in [4.69, 9.17) is 14.2 Å². The van der Waals surface area contributed by atoms with Crippen LogP contribution in [0.5, 0.6) is 17.2 Å². The summed E-state index contributed by atoms with van der Waals surface area (Å²) >= 11 is 0. The molecule has 0 aliphatic heterocycles. The molecule has 0 heterocycles. The normalized spacial score (nSPS) is 11.0. The van der Waals surface area contributed by atoms with Gasteiger partial charge in [-0.15, -0.1) is 0 Å². The fourth-order valence-corrected chi connectivity index (χ4v) is 3.14. The first kappa shape index (κ1) is 17.1. The van der Waals surface area contributed by atoms with E-state index in [0.717, 1.165) is 16.3 Å². The third-order valence-electron chi connectivity index (χ3n) is 3.61. The summed E-state index contributed by atoms with van der Waals surface area (Å²) < 4.78 is 18.7. The highest BCUT2D eigenvalue weighted by Gasteiger charge is 2.37. The summed E-state index contributed by atoms with van der Waals surface area (Å²) in [5.41, 5.74) is 0. The van der Waals surface area contributed by atoms with Crippen LogP contribution in [0, 0.1) is 0 Å². The van der Waals surface area contributed by atoms with Crippen LogP contribution in [-0.4, -0.2) is 16.2 Å². The molecule has 0 aliphatic carbocycles. The van der Waals surface area contributed by atoms with E-state index < -0.39 is 5.97 Å². The Labute approximate surface area is 151 Å². The zero-order valence-corrected chi connectivity index (χ0v) is 16.3. The van der Waals surface area contributed by atoms with Gasteiger partial charge in [-0.2, -0.15) is 0 Å². The van der Waals surface area contributed by atoms with Gasteiger partial charge in [0.1, 0.15) is 17.2 Å². The highest BCUT2D eigenvalue weighted by Crippen LogP contribution is 2.29. The van der Waals surface area contributed by atoms with Crippen molar-refractivity contribution in [1.29, 1.82) is 0 Å². The second-order valence-electron chi connectivity index (χ2n) is 5.68. The third-order valence-corrected chi connectivity index (χ3v) is 4.11. The van der Waals surface area contributed by atoms with Crippen LogP contribution >= 0.6 is 0 Å². The van der Waals surface area contributed by atoms with Gasteiger partial charge in [0.2, 0.25) is 0 Å². The van der Waals surface area contributed by atoms with Crippen molar-refractivity contribution in [3.63, 3.8) is 0 Å². The zero-order chi connectivity index (χ0) is 17.4. The number of benzene rings is 3. The summed E-state index contributed by atoms with van der Waals surface area (Å²) in [5, 5.41) is 0. The minimum absolute atomic E-state index is 0.637. The van der Waals surface area contributed by atoms with E-state index in [9.17, 15) is 0 Å². The number of para-hydroxylation sites is 3. The number of hydrogen-bond donors (Lipinski definition) is 0. The van der Waals surface area contributed by atoms with E-state index in [1.54, 1.807) is 0 Å². The molecule has 0 saturated heterocycles. The molecule has 0 aliphatic rings. The van der Waals surface area contributed by atoms with Crippen LogP contribution in [0.1, 0.15) is 6.42 Å². The van der Waals surface area contributed by atoms with E-state index in [-0.39, 0.29) is 0 Å². The average molecular weight is 350 g/mol. The van der Waals surface area contributed by atoms with E-state index in [1.165, 1.54) is 0 Å². The van der Waals surface area contributed by atoms with E-state index >= 15 is 0 Å². The van der Waals surface area contributed by atoms with Crippen molar-refractivity contribution >= 4 is 10.2 Å². The van der Waals surface area contributed by atoms with Crippen LogP contribution in [-0.2, 0) is 0 Å². The molecule has 0 saturated carbocycles. The van der Waals surface area contributed by atoms with Crippen molar-refractivity contribution in [2.24, 2.45) is 0 Å². The van der Waals surface area contributed by atoms with Crippen molar-refractivity contribution in [3.8, 4) is 17.2 Å². The fraction of sp³-hybridized carbons (Fsp3) is 0.143. The van der Waals surface area contributed by atoms with Crippen LogP contribution < -0.4 is 14.2 Å². The highest BCUT2D eigenvalue weighted by molar-refractivity contribution is 6.08. The van der Waals surface area contributed by atoms with Gasteiger partial charge in [0.05, 0.1) is 6.42 Å². The molecule has 3 rings (SSSR count). The van der Waals surface area contributed by atoms with Gasteiger partial charge in [0.15, 0.2) is 0 Å². The first-order valence-corrected chi connectivity index (χ1v) is 9.93. The standard InChI is InChI=1S/C21H22O3Si/c25-17-16-21(22-18-10-4-1-5-11-18,23-19-12-6-2-7-13-19)24-20-14-8-3-9-15-20/h1-15H,16-17H2,25H3. The summed E-state index contributed by atoms with van der Waals surface area (Å²) in [4.78, 5) is 0. The minimum atomic E-state index is -1.20. The first-order valence-electron chi connectivity index (χ1n) is 8.52. The van der Waals surface area contributed by atoms with Gasteiger partial charge < -0.3 is 14.2 Å². The second-order valence-corrected chi connectivity index (χ2v) is 6.68. The Morgan fingerprint density at radius 1 is 0.560 bits per heavy atom. The maximum atomic E-state index is 6.23. The highest BCUT2D eigenvalue weighted by atomic mass is 28.1. The van der Waals surface area contributed by atoms with Gasteiger partial charge in [0, 0.05) is 10.2 Å². The maximum Gasteiger partial charge on any atom is 0.416 e. The molecule has 128 valence electrons. The Hall–Kier alpha value is -2.72. The smallest absolute Gasteiger partial charge is 0.416 e. The molecule has 0 aromatic heterocycles. The largest absolute Gasteiger partial charge is 0.421 e. The van der Waals surface area contributed by atoms with Crippen molar-refractivity contribution in [2.45, 2.75) is 18.4 Å². The van der Waals surface area contributed by atoms with Crippen molar-refractivity contribution < 1.29 is 14.2 Å². The SMILES string of the molecule is [SiH3]CCC(Oc1ccccc1)(Oc1ccccc1)Oc1ccccc1. The lowest BCUT2D eigenvalue weighted by Gasteiger charge is -2.34. The van der Waals surface area contributed by atoms with Gasteiger partial charge in [-0.05, 0) is 36.4 Å². The lowest BCUT2D eigenvalue weighted by atomic mass is 10.3. The predicted octanol–water partition coefficient (Wildman–Crippen LogP) is 4.05. The summed E-state index contributed by atoms with van der Waals surface area (Å²) in [7, 11) is 1.03. The molecular formula is C21H22O3Si. The van der Waals surface area contributed by atoms with E-state index in [1.807, 2.05) is 91.0 Å². The van der Waals surface area contributed by atoms with Crippen LogP contribution in [0.3, 0.4) is 0 Å². The summed E-state index contributed by atoms with van der Waals surface area (Å²) in [6.45, 7) is 0. The molecule has 3 nitrogen and oxygen atoms in total. The average Bonchev–Trinajstić information content (AvgIpc) is 2.64. The van der Waals surface area contributed by atoms with Gasteiger partial charge in [-0.25, -0.2) is 0 Å². The van der Waals surface area contributed by atoms with Gasteiger partial charge in [-0.1, -0.05) is 60.6 Å². The summed E-state index contributed by atoms with van der Waals surface area (Å²) in [5.74, 6) is 0.935. The van der Waals surface area contributed by atoms with Crippen LogP contribution in [0.4, 0.5) is 0 Å². The second kappa shape index (κ2) is 8.40. The molecule has 0 spiro atoms. The third kappa shape index (κ3) is 4.87. The molecule has 0 atom stereocenters. The van der Waals surface area contributed by atoms with Crippen LogP contribution in [0.25, 0.3) is 0 Å². The van der Waals surface area contributed by atoms with Crippen LogP contribution in [0.15, 0.2) is 91.0 Å². The van der Waals surface area contributed by atoms with E-state index in [0.29, 0.717) is 23.7 Å². The maximum absolute atomic E-state index is 6.23. The summed E-state index contributed by atoms with van der Waals surface area (Å²) in [6.07, 6.45) is 0.637. The van der Waals surface area contributed by atoms with Crippen LogP contribution in [0.2, 0.25) is 6.04 Å². The molecule has 3 aromatic carbocycles. The first-order chi connectivity index (χ1) is 12.3. The van der Waals surface area contributed by atoms with Gasteiger partial charge in [-0.3, -0.25) is 0 Å². The molecule has 0 radical (unpaired) electrons. The topological polar surface area (TPSA) is 27.7 Å². The predicted molar refractivity (Wildman–Crippen MR) is 103 cm³/mol. The molecule has 25 heavy (non-hydrogen) atoms. The lowest BCUT2D eigenvalue weighted by Crippen LogP contribution is -2.48. The number of rotatable bonds is 8. The monoisotopic (exact) mass is 350 g/mol. The molecule has 0 N–H and O–H groups in total. The van der Waals surface area contributed by atoms with Crippen molar-refractivity contribution in [3.05, 3.63) is 91.0 Å². The van der Waals surface area contributed by atoms with Crippen molar-refractivity contribution in [2.75, 3.05) is 0 Å². The molecule has 3 aromatic rings. The zero-order valence-electron chi connectivity index (χ0n) is 14.3. The van der Waals surface area contributed by atoms with Crippen molar-refractivity contribution in [1.82, 2.24) is 0 Å². The van der Waals surface area contributed by atoms with E-state index in [2.05, 4.69) is 0 Å².